The topological polar surface area (TPSA) is 76.0 Å². The van der Waals surface area contributed by atoms with Crippen molar-refractivity contribution in [1.82, 2.24) is 20.4 Å². The Morgan fingerprint density at radius 3 is 2.50 bits per heavy atom. The summed E-state index contributed by atoms with van der Waals surface area (Å²) in [6.07, 6.45) is 3.11. The third kappa shape index (κ3) is 4.44. The summed E-state index contributed by atoms with van der Waals surface area (Å²) < 4.78 is 1.62. The van der Waals surface area contributed by atoms with Gasteiger partial charge in [-0.25, -0.2) is 4.68 Å². The normalized spacial score (nSPS) is 11.0. The van der Waals surface area contributed by atoms with Gasteiger partial charge < -0.3 is 10.6 Å². The molecule has 2 aromatic rings. The minimum Gasteiger partial charge on any atom is -0.350 e. The van der Waals surface area contributed by atoms with Crippen molar-refractivity contribution < 1.29 is 9.59 Å². The Labute approximate surface area is 129 Å². The van der Waals surface area contributed by atoms with Crippen LogP contribution in [0, 0.1) is 0 Å². The predicted molar refractivity (Wildman–Crippen MR) is 83.8 cm³/mol. The van der Waals surface area contributed by atoms with E-state index in [4.69, 9.17) is 0 Å². The molecule has 0 saturated carbocycles. The van der Waals surface area contributed by atoms with Crippen molar-refractivity contribution in [2.24, 2.45) is 0 Å². The smallest absolute Gasteiger partial charge is 0.254 e. The third-order valence-electron chi connectivity index (χ3n) is 2.79. The Bertz CT molecular complexity index is 656. The largest absolute Gasteiger partial charge is 0.350 e. The molecule has 0 radical (unpaired) electrons. The first kappa shape index (κ1) is 15.8. The van der Waals surface area contributed by atoms with Crippen molar-refractivity contribution in [2.75, 3.05) is 6.54 Å². The van der Waals surface area contributed by atoms with Crippen molar-refractivity contribution in [3.63, 3.8) is 0 Å². The van der Waals surface area contributed by atoms with Crippen LogP contribution in [0.4, 0.5) is 0 Å². The average Bonchev–Trinajstić information content (AvgIpc) is 2.94. The van der Waals surface area contributed by atoms with Gasteiger partial charge in [-0.2, -0.15) is 5.10 Å². The Morgan fingerprint density at radius 1 is 1.18 bits per heavy atom. The second-order valence-corrected chi connectivity index (χ2v) is 5.99. The predicted octanol–water partition coefficient (Wildman–Crippen LogP) is 1.52. The molecule has 0 bridgehead atoms. The zero-order valence-electron chi connectivity index (χ0n) is 13.0. The highest BCUT2D eigenvalue weighted by atomic mass is 16.2. The molecule has 6 nitrogen and oxygen atoms in total. The van der Waals surface area contributed by atoms with E-state index in [1.165, 1.54) is 6.20 Å². The first-order chi connectivity index (χ1) is 10.3. The van der Waals surface area contributed by atoms with Gasteiger partial charge in [0.1, 0.15) is 0 Å². The van der Waals surface area contributed by atoms with E-state index in [-0.39, 0.29) is 23.9 Å². The van der Waals surface area contributed by atoms with Gasteiger partial charge in [0.05, 0.1) is 24.0 Å². The van der Waals surface area contributed by atoms with E-state index in [2.05, 4.69) is 15.7 Å². The van der Waals surface area contributed by atoms with Gasteiger partial charge in [0, 0.05) is 11.7 Å². The van der Waals surface area contributed by atoms with E-state index in [0.717, 1.165) is 5.69 Å². The Morgan fingerprint density at radius 2 is 1.86 bits per heavy atom. The summed E-state index contributed by atoms with van der Waals surface area (Å²) in [5, 5.41) is 9.51. The number of aromatic nitrogens is 2. The molecular weight excluding hydrogens is 280 g/mol. The molecule has 0 aliphatic heterocycles. The monoisotopic (exact) mass is 300 g/mol. The first-order valence-corrected chi connectivity index (χ1v) is 7.04. The highest BCUT2D eigenvalue weighted by Crippen LogP contribution is 2.07. The zero-order chi connectivity index (χ0) is 16.2. The maximum absolute atomic E-state index is 12.0. The van der Waals surface area contributed by atoms with Crippen LogP contribution in [0.2, 0.25) is 0 Å². The summed E-state index contributed by atoms with van der Waals surface area (Å²) in [7, 11) is 0. The van der Waals surface area contributed by atoms with Crippen molar-refractivity contribution in [3.05, 3.63) is 48.3 Å². The minimum atomic E-state index is -0.328. The number of para-hydroxylation sites is 1. The molecule has 1 aromatic heterocycles. The standard InChI is InChI=1S/C16H20N4O2/c1-16(2,3)19-14(21)10-17-15(22)12-9-18-20(11-12)13-7-5-4-6-8-13/h4-9,11H,10H2,1-3H3,(H,17,22)(H,19,21). The quantitative estimate of drug-likeness (QED) is 0.899. The molecule has 2 N–H and O–H groups in total. The van der Waals surface area contributed by atoms with Crippen LogP contribution < -0.4 is 10.6 Å². The number of nitrogens with zero attached hydrogens (tertiary/aromatic N) is 2. The van der Waals surface area contributed by atoms with Gasteiger partial charge in [0.25, 0.3) is 5.91 Å². The van der Waals surface area contributed by atoms with Crippen molar-refractivity contribution in [1.29, 1.82) is 0 Å². The lowest BCUT2D eigenvalue weighted by Gasteiger charge is -2.20. The summed E-state index contributed by atoms with van der Waals surface area (Å²) in [5.74, 6) is -0.553. The number of hydrogen-bond donors (Lipinski definition) is 2. The summed E-state index contributed by atoms with van der Waals surface area (Å²) in [6, 6.07) is 9.49. The molecule has 0 spiro atoms. The number of hydrogen-bond acceptors (Lipinski definition) is 3. The SMILES string of the molecule is CC(C)(C)NC(=O)CNC(=O)c1cnn(-c2ccccc2)c1. The minimum absolute atomic E-state index is 0.0629. The number of carbonyl (C=O) groups is 2. The number of benzene rings is 1. The fourth-order valence-electron chi connectivity index (χ4n) is 1.89. The highest BCUT2D eigenvalue weighted by molar-refractivity contribution is 5.96. The van der Waals surface area contributed by atoms with Crippen LogP contribution in [0.5, 0.6) is 0 Å². The van der Waals surface area contributed by atoms with Crippen molar-refractivity contribution >= 4 is 11.8 Å². The fourth-order valence-corrected chi connectivity index (χ4v) is 1.89. The molecule has 2 amide bonds. The number of rotatable bonds is 4. The van der Waals surface area contributed by atoms with E-state index in [9.17, 15) is 9.59 Å². The average molecular weight is 300 g/mol. The maximum Gasteiger partial charge on any atom is 0.254 e. The molecule has 0 unspecified atom stereocenters. The summed E-state index contributed by atoms with van der Waals surface area (Å²) >= 11 is 0. The lowest BCUT2D eigenvalue weighted by Crippen LogP contribution is -2.45. The first-order valence-electron chi connectivity index (χ1n) is 7.04. The van der Waals surface area contributed by atoms with Crippen LogP contribution in [-0.4, -0.2) is 33.7 Å². The van der Waals surface area contributed by atoms with Crippen molar-refractivity contribution in [2.45, 2.75) is 26.3 Å². The van der Waals surface area contributed by atoms with Crippen LogP contribution in [0.25, 0.3) is 5.69 Å². The Hall–Kier alpha value is -2.63. The van der Waals surface area contributed by atoms with E-state index in [0.29, 0.717) is 5.56 Å². The summed E-state index contributed by atoms with van der Waals surface area (Å²) in [5.41, 5.74) is 0.958. The molecule has 1 heterocycles. The van der Waals surface area contributed by atoms with Gasteiger partial charge in [0.2, 0.25) is 5.91 Å². The molecule has 0 aliphatic carbocycles. The number of nitrogens with one attached hydrogen (secondary N) is 2. The van der Waals surface area contributed by atoms with Crippen molar-refractivity contribution in [3.8, 4) is 5.69 Å². The second-order valence-electron chi connectivity index (χ2n) is 5.99. The molecule has 2 rings (SSSR count). The highest BCUT2D eigenvalue weighted by Gasteiger charge is 2.15. The van der Waals surface area contributed by atoms with Crippen LogP contribution in [0.3, 0.4) is 0 Å². The lowest BCUT2D eigenvalue weighted by molar-refractivity contribution is -0.121. The molecule has 116 valence electrons. The fraction of sp³-hybridized carbons (Fsp3) is 0.312. The second kappa shape index (κ2) is 6.43. The van der Waals surface area contributed by atoms with Gasteiger partial charge in [-0.1, -0.05) is 18.2 Å². The molecule has 0 atom stereocenters. The van der Waals surface area contributed by atoms with E-state index in [1.54, 1.807) is 10.9 Å². The van der Waals surface area contributed by atoms with Gasteiger partial charge in [0.15, 0.2) is 0 Å². The Balaban J connectivity index is 1.94. The van der Waals surface area contributed by atoms with Gasteiger partial charge in [-0.05, 0) is 32.9 Å². The van der Waals surface area contributed by atoms with Gasteiger partial charge >= 0.3 is 0 Å². The van der Waals surface area contributed by atoms with Gasteiger partial charge in [-0.3, -0.25) is 9.59 Å². The molecule has 0 fully saturated rings. The molecule has 0 saturated heterocycles. The lowest BCUT2D eigenvalue weighted by atomic mass is 10.1. The third-order valence-corrected chi connectivity index (χ3v) is 2.79. The summed E-state index contributed by atoms with van der Waals surface area (Å²) in [4.78, 5) is 23.7. The summed E-state index contributed by atoms with van der Waals surface area (Å²) in [6.45, 7) is 5.59. The van der Waals surface area contributed by atoms with Crippen LogP contribution in [0.1, 0.15) is 31.1 Å². The van der Waals surface area contributed by atoms with Crippen LogP contribution >= 0.6 is 0 Å². The number of carbonyl (C=O) groups excluding carboxylic acids is 2. The molecule has 1 aromatic carbocycles. The molecule has 0 aliphatic rings. The van der Waals surface area contributed by atoms with E-state index >= 15 is 0 Å². The molecule has 6 heteroatoms. The Kier molecular flexibility index (Phi) is 4.60. The van der Waals surface area contributed by atoms with Gasteiger partial charge in [-0.15, -0.1) is 0 Å². The maximum atomic E-state index is 12.0. The zero-order valence-corrected chi connectivity index (χ0v) is 13.0. The number of amides is 2. The van der Waals surface area contributed by atoms with Crippen LogP contribution in [0.15, 0.2) is 42.7 Å². The molecule has 22 heavy (non-hydrogen) atoms. The van der Waals surface area contributed by atoms with E-state index < -0.39 is 0 Å². The molecular formula is C16H20N4O2. The van der Waals surface area contributed by atoms with E-state index in [1.807, 2.05) is 51.1 Å². The van der Waals surface area contributed by atoms with Crippen LogP contribution in [-0.2, 0) is 4.79 Å².